The Morgan fingerprint density at radius 3 is 2.74 bits per heavy atom. The van der Waals surface area contributed by atoms with Crippen molar-refractivity contribution in [2.75, 3.05) is 23.4 Å². The van der Waals surface area contributed by atoms with Crippen molar-refractivity contribution in [1.82, 2.24) is 5.32 Å². The van der Waals surface area contributed by atoms with E-state index in [1.165, 1.54) is 11.8 Å². The number of sulfone groups is 1. The van der Waals surface area contributed by atoms with E-state index in [-0.39, 0.29) is 28.7 Å². The third-order valence-corrected chi connectivity index (χ3v) is 7.60. The van der Waals surface area contributed by atoms with Gasteiger partial charge in [-0.25, -0.2) is 8.42 Å². The minimum absolute atomic E-state index is 0.0108. The molecule has 1 saturated heterocycles. The molecule has 7 nitrogen and oxygen atoms in total. The monoisotopic (exact) mass is 405 g/mol. The summed E-state index contributed by atoms with van der Waals surface area (Å²) in [6.07, 6.45) is 2.26. The fraction of sp³-hybridized carbons (Fsp3) is 0.333. The summed E-state index contributed by atoms with van der Waals surface area (Å²) in [5.74, 6) is 1.02. The maximum absolute atomic E-state index is 12.2. The lowest BCUT2D eigenvalue weighted by Crippen LogP contribution is -2.25. The number of thioether (sulfide) groups is 1. The molecule has 1 fully saturated rings. The number of fused-ring (bicyclic) bond motifs is 1. The van der Waals surface area contributed by atoms with Crippen LogP contribution >= 0.6 is 11.8 Å². The first-order chi connectivity index (χ1) is 13.0. The van der Waals surface area contributed by atoms with E-state index in [4.69, 9.17) is 4.42 Å². The number of benzene rings is 1. The highest BCUT2D eigenvalue weighted by atomic mass is 32.2. The molecular formula is C18H19N3O4S2. The molecule has 0 bridgehead atoms. The number of hydrogen-bond donors (Lipinski definition) is 2. The zero-order valence-corrected chi connectivity index (χ0v) is 16.1. The van der Waals surface area contributed by atoms with Gasteiger partial charge in [-0.3, -0.25) is 9.79 Å². The third kappa shape index (κ3) is 4.36. The number of amidine groups is 1. The zero-order valence-electron chi connectivity index (χ0n) is 14.4. The van der Waals surface area contributed by atoms with Gasteiger partial charge in [0.2, 0.25) is 0 Å². The second-order valence-electron chi connectivity index (χ2n) is 6.52. The molecular weight excluding hydrogens is 386 g/mol. The maximum Gasteiger partial charge on any atom is 0.251 e. The van der Waals surface area contributed by atoms with Crippen molar-refractivity contribution in [3.8, 4) is 0 Å². The van der Waals surface area contributed by atoms with Gasteiger partial charge in [0, 0.05) is 29.5 Å². The van der Waals surface area contributed by atoms with Gasteiger partial charge in [0.05, 0.1) is 23.8 Å². The summed E-state index contributed by atoms with van der Waals surface area (Å²) in [5.41, 5.74) is 1.39. The highest BCUT2D eigenvalue weighted by molar-refractivity contribution is 8.15. The Balaban J connectivity index is 1.29. The minimum Gasteiger partial charge on any atom is -0.469 e. The van der Waals surface area contributed by atoms with Gasteiger partial charge in [-0.05, 0) is 36.4 Å². The average molecular weight is 406 g/mol. The number of anilines is 1. The molecule has 0 spiro atoms. The van der Waals surface area contributed by atoms with Crippen LogP contribution in [-0.2, 0) is 16.3 Å². The Hall–Kier alpha value is -2.26. The predicted octanol–water partition coefficient (Wildman–Crippen LogP) is 1.93. The van der Waals surface area contributed by atoms with Crippen molar-refractivity contribution in [2.24, 2.45) is 4.99 Å². The van der Waals surface area contributed by atoms with Crippen LogP contribution in [0.4, 0.5) is 5.69 Å². The second-order valence-corrected chi connectivity index (χ2v) is 9.90. The highest BCUT2D eigenvalue weighted by Crippen LogP contribution is 2.34. The SMILES string of the molecule is O=C(NCCc1ccco1)c1ccc(NC2=NC3CS(=O)(=O)CC3S2)cc1. The van der Waals surface area contributed by atoms with Crippen LogP contribution in [0.5, 0.6) is 0 Å². The molecule has 2 atom stereocenters. The van der Waals surface area contributed by atoms with E-state index in [1.54, 1.807) is 18.4 Å². The number of amides is 1. The number of furan rings is 1. The number of rotatable bonds is 5. The number of aliphatic imine (C=N–C) groups is 1. The van der Waals surface area contributed by atoms with Crippen molar-refractivity contribution in [3.63, 3.8) is 0 Å². The Kier molecular flexibility index (Phi) is 4.96. The average Bonchev–Trinajstić information content (AvgIpc) is 3.31. The number of nitrogens with zero attached hydrogens (tertiary/aromatic N) is 1. The van der Waals surface area contributed by atoms with Gasteiger partial charge in [0.1, 0.15) is 5.76 Å². The van der Waals surface area contributed by atoms with Gasteiger partial charge in [0.25, 0.3) is 5.91 Å². The quantitative estimate of drug-likeness (QED) is 0.788. The van der Waals surface area contributed by atoms with Crippen LogP contribution < -0.4 is 10.6 Å². The van der Waals surface area contributed by atoms with Crippen LogP contribution in [0.2, 0.25) is 0 Å². The van der Waals surface area contributed by atoms with Crippen molar-refractivity contribution >= 4 is 38.4 Å². The molecule has 0 saturated carbocycles. The molecule has 27 heavy (non-hydrogen) atoms. The van der Waals surface area contributed by atoms with Crippen LogP contribution in [0.3, 0.4) is 0 Å². The molecule has 1 amide bonds. The molecule has 1 aromatic carbocycles. The smallest absolute Gasteiger partial charge is 0.251 e. The van der Waals surface area contributed by atoms with Crippen LogP contribution in [0, 0.1) is 0 Å². The lowest BCUT2D eigenvalue weighted by molar-refractivity contribution is 0.0953. The van der Waals surface area contributed by atoms with Crippen LogP contribution in [0.15, 0.2) is 52.1 Å². The normalized spacial score (nSPS) is 22.9. The zero-order chi connectivity index (χ0) is 18.9. The lowest BCUT2D eigenvalue weighted by Gasteiger charge is -2.08. The van der Waals surface area contributed by atoms with Crippen LogP contribution in [-0.4, -0.2) is 48.8 Å². The van der Waals surface area contributed by atoms with Crippen molar-refractivity contribution < 1.29 is 17.6 Å². The Morgan fingerprint density at radius 1 is 1.22 bits per heavy atom. The Morgan fingerprint density at radius 2 is 2.04 bits per heavy atom. The summed E-state index contributed by atoms with van der Waals surface area (Å²) in [5, 5.41) is 6.80. The first-order valence-corrected chi connectivity index (χ1v) is 11.3. The van der Waals surface area contributed by atoms with Crippen LogP contribution in [0.1, 0.15) is 16.1 Å². The fourth-order valence-corrected chi connectivity index (χ4v) is 6.78. The summed E-state index contributed by atoms with van der Waals surface area (Å²) in [6, 6.07) is 10.7. The van der Waals surface area contributed by atoms with E-state index < -0.39 is 9.84 Å². The molecule has 3 heterocycles. The summed E-state index contributed by atoms with van der Waals surface area (Å²) in [6.45, 7) is 0.505. The predicted molar refractivity (Wildman–Crippen MR) is 106 cm³/mol. The van der Waals surface area contributed by atoms with Crippen molar-refractivity contribution in [2.45, 2.75) is 17.7 Å². The van der Waals surface area contributed by atoms with E-state index in [1.807, 2.05) is 24.3 Å². The standard InChI is InChI=1S/C18H19N3O4S2/c22-17(19-8-7-14-2-1-9-25-14)12-3-5-13(6-4-12)20-18-21-15-10-27(23,24)11-16(15)26-18/h1-6,9,15-16H,7-8,10-11H2,(H,19,22)(H,20,21). The van der Waals surface area contributed by atoms with Gasteiger partial charge in [-0.15, -0.1) is 0 Å². The first kappa shape index (κ1) is 18.1. The molecule has 0 radical (unpaired) electrons. The van der Waals surface area contributed by atoms with Gasteiger partial charge in [-0.2, -0.15) is 0 Å². The summed E-state index contributed by atoms with van der Waals surface area (Å²) in [7, 11) is -2.95. The number of carbonyl (C=O) groups excluding carboxylic acids is 1. The molecule has 2 aromatic rings. The maximum atomic E-state index is 12.2. The van der Waals surface area contributed by atoms with E-state index >= 15 is 0 Å². The van der Waals surface area contributed by atoms with E-state index in [0.29, 0.717) is 18.5 Å². The van der Waals surface area contributed by atoms with Crippen LogP contribution in [0.25, 0.3) is 0 Å². The topological polar surface area (TPSA) is 101 Å². The van der Waals surface area contributed by atoms with Gasteiger partial charge in [0.15, 0.2) is 15.0 Å². The molecule has 2 aliphatic rings. The summed E-state index contributed by atoms with van der Waals surface area (Å²) >= 11 is 1.47. The fourth-order valence-electron chi connectivity index (χ4n) is 3.10. The largest absolute Gasteiger partial charge is 0.469 e. The van der Waals surface area contributed by atoms with E-state index in [0.717, 1.165) is 16.6 Å². The molecule has 142 valence electrons. The Labute approximate surface area is 161 Å². The van der Waals surface area contributed by atoms with Gasteiger partial charge in [-0.1, -0.05) is 11.8 Å². The molecule has 2 N–H and O–H groups in total. The second kappa shape index (κ2) is 7.40. The number of carbonyl (C=O) groups is 1. The molecule has 2 unspecified atom stereocenters. The minimum atomic E-state index is -2.95. The highest BCUT2D eigenvalue weighted by Gasteiger charge is 2.42. The van der Waals surface area contributed by atoms with Crippen molar-refractivity contribution in [3.05, 3.63) is 54.0 Å². The van der Waals surface area contributed by atoms with E-state index in [9.17, 15) is 13.2 Å². The number of nitrogens with one attached hydrogen (secondary N) is 2. The number of hydrogen-bond acceptors (Lipinski definition) is 7. The van der Waals surface area contributed by atoms with Gasteiger partial charge < -0.3 is 15.1 Å². The summed E-state index contributed by atoms with van der Waals surface area (Å²) < 4.78 is 28.4. The molecule has 4 rings (SSSR count). The Bertz CT molecular complexity index is 953. The molecule has 0 aliphatic carbocycles. The van der Waals surface area contributed by atoms with E-state index in [2.05, 4.69) is 15.6 Å². The molecule has 2 aliphatic heterocycles. The van der Waals surface area contributed by atoms with Crippen molar-refractivity contribution in [1.29, 1.82) is 0 Å². The first-order valence-electron chi connectivity index (χ1n) is 8.61. The molecule has 1 aromatic heterocycles. The summed E-state index contributed by atoms with van der Waals surface area (Å²) in [4.78, 5) is 16.6. The third-order valence-electron chi connectivity index (χ3n) is 4.45. The van der Waals surface area contributed by atoms with Gasteiger partial charge >= 0.3 is 0 Å². The lowest BCUT2D eigenvalue weighted by atomic mass is 10.2. The molecule has 9 heteroatoms.